The minimum absolute atomic E-state index is 0.0468. The Morgan fingerprint density at radius 1 is 0.970 bits per heavy atom. The van der Waals surface area contributed by atoms with Gasteiger partial charge in [0, 0.05) is 22.2 Å². The van der Waals surface area contributed by atoms with Crippen LogP contribution in [0, 0.1) is 0 Å². The maximum absolute atomic E-state index is 12.4. The Morgan fingerprint density at radius 2 is 1.70 bits per heavy atom. The highest BCUT2D eigenvalue weighted by Crippen LogP contribution is 2.43. The van der Waals surface area contributed by atoms with Gasteiger partial charge in [0.2, 0.25) is 5.91 Å². The van der Waals surface area contributed by atoms with Crippen LogP contribution < -0.4 is 15.4 Å². The molecule has 0 heterocycles. The number of hydrogen-bond donors (Lipinski definition) is 2. The number of benzene rings is 2. The molecule has 0 aliphatic heterocycles. The summed E-state index contributed by atoms with van der Waals surface area (Å²) in [6.07, 6.45) is 1.99. The lowest BCUT2D eigenvalue weighted by Gasteiger charge is -2.55. The molecular weight excluding hydrogens is 487 g/mol. The minimum atomic E-state index is -0.428. The van der Waals surface area contributed by atoms with Crippen molar-refractivity contribution in [2.75, 3.05) is 13.2 Å². The molecule has 3 rings (SSSR count). The molecule has 0 bridgehead atoms. The first-order chi connectivity index (χ1) is 15.6. The van der Waals surface area contributed by atoms with Crippen molar-refractivity contribution in [3.05, 3.63) is 63.1 Å². The molecule has 0 atom stereocenters. The predicted octanol–water partition coefficient (Wildman–Crippen LogP) is 5.18. The Kier molecular flexibility index (Phi) is 8.51. The van der Waals surface area contributed by atoms with Crippen molar-refractivity contribution >= 4 is 46.6 Å². The van der Waals surface area contributed by atoms with E-state index < -0.39 is 5.54 Å². The van der Waals surface area contributed by atoms with Crippen molar-refractivity contribution in [1.82, 2.24) is 10.6 Å². The van der Waals surface area contributed by atoms with E-state index in [0.29, 0.717) is 40.3 Å². The van der Waals surface area contributed by atoms with Gasteiger partial charge < -0.3 is 20.1 Å². The van der Waals surface area contributed by atoms with Crippen molar-refractivity contribution < 1.29 is 19.1 Å². The average molecular weight is 514 g/mol. The smallest absolute Gasteiger partial charge is 0.258 e. The summed E-state index contributed by atoms with van der Waals surface area (Å²) in [5.74, 6) is 0.0333. The molecule has 2 aromatic carbocycles. The molecule has 0 radical (unpaired) electrons. The van der Waals surface area contributed by atoms with Gasteiger partial charge in [-0.15, -0.1) is 0 Å². The van der Waals surface area contributed by atoms with Crippen LogP contribution in [0.3, 0.4) is 0 Å². The van der Waals surface area contributed by atoms with Crippen LogP contribution >= 0.6 is 34.8 Å². The van der Waals surface area contributed by atoms with Gasteiger partial charge in [-0.05, 0) is 56.0 Å². The van der Waals surface area contributed by atoms with Crippen LogP contribution in [0.1, 0.15) is 38.7 Å². The second-order valence-corrected chi connectivity index (χ2v) is 9.88. The van der Waals surface area contributed by atoms with E-state index in [1.165, 1.54) is 0 Å². The zero-order valence-corrected chi connectivity index (χ0v) is 20.8. The Hall–Kier alpha value is -1.99. The Morgan fingerprint density at radius 3 is 2.36 bits per heavy atom. The van der Waals surface area contributed by atoms with Crippen LogP contribution in [0.5, 0.6) is 5.75 Å². The molecule has 33 heavy (non-hydrogen) atoms. The largest absolute Gasteiger partial charge is 0.484 e. The van der Waals surface area contributed by atoms with E-state index in [1.807, 2.05) is 26.0 Å². The van der Waals surface area contributed by atoms with Crippen molar-refractivity contribution in [3.8, 4) is 5.75 Å². The fourth-order valence-corrected chi connectivity index (χ4v) is 4.77. The highest BCUT2D eigenvalue weighted by molar-refractivity contribution is 6.42. The lowest BCUT2D eigenvalue weighted by atomic mass is 9.62. The second-order valence-electron chi connectivity index (χ2n) is 8.63. The van der Waals surface area contributed by atoms with Gasteiger partial charge in [-0.25, -0.2) is 0 Å². The van der Waals surface area contributed by atoms with Crippen LogP contribution in [0.2, 0.25) is 15.1 Å². The van der Waals surface area contributed by atoms with Crippen molar-refractivity contribution in [3.63, 3.8) is 0 Å². The molecule has 1 saturated carbocycles. The summed E-state index contributed by atoms with van der Waals surface area (Å²) < 4.78 is 11.0. The highest BCUT2D eigenvalue weighted by atomic mass is 35.5. The van der Waals surface area contributed by atoms with Crippen LogP contribution in [0.15, 0.2) is 42.5 Å². The molecule has 1 aliphatic carbocycles. The summed E-state index contributed by atoms with van der Waals surface area (Å²) in [7, 11) is 0. The van der Waals surface area contributed by atoms with Crippen LogP contribution in [-0.4, -0.2) is 36.1 Å². The monoisotopic (exact) mass is 512 g/mol. The normalized spacial score (nSPS) is 21.7. The average Bonchev–Trinajstić information content (AvgIpc) is 2.73. The highest BCUT2D eigenvalue weighted by Gasteiger charge is 2.52. The molecule has 2 amide bonds. The molecule has 9 heteroatoms. The number of carbonyl (C=O) groups is 2. The number of nitrogens with one attached hydrogen (secondary N) is 2. The first-order valence-electron chi connectivity index (χ1n) is 10.6. The third kappa shape index (κ3) is 7.24. The fraction of sp³-hybridized carbons (Fsp3) is 0.417. The summed E-state index contributed by atoms with van der Waals surface area (Å²) in [6.45, 7) is 4.09. The fourth-order valence-electron chi connectivity index (χ4n) is 4.27. The molecule has 0 spiro atoms. The standard InChI is InChI=1S/C24H27Cl3N2O4/c1-3-24(29-21(30)12-32-11-16-5-4-6-17(25)9-16)14-23(2,15-24)28-22(31)13-33-18-7-8-19(26)20(27)10-18/h4-10H,3,11-15H2,1-2H3,(H,28,31)(H,29,30). The SMILES string of the molecule is CCC1(NC(=O)COCc2cccc(Cl)c2)CC(C)(NC(=O)COc2ccc(Cl)c(Cl)c2)C1. The predicted molar refractivity (Wildman–Crippen MR) is 130 cm³/mol. The van der Waals surface area contributed by atoms with E-state index in [-0.39, 0.29) is 30.6 Å². The van der Waals surface area contributed by atoms with Gasteiger partial charge in [0.1, 0.15) is 12.4 Å². The molecule has 6 nitrogen and oxygen atoms in total. The Balaban J connectivity index is 1.42. The number of ether oxygens (including phenoxy) is 2. The summed E-state index contributed by atoms with van der Waals surface area (Å²) >= 11 is 17.8. The van der Waals surface area contributed by atoms with Gasteiger partial charge in [-0.1, -0.05) is 53.9 Å². The molecule has 2 aromatic rings. The van der Waals surface area contributed by atoms with Gasteiger partial charge in [-0.2, -0.15) is 0 Å². The Bertz CT molecular complexity index is 1010. The van der Waals surface area contributed by atoms with Crippen molar-refractivity contribution in [2.45, 2.75) is 50.8 Å². The second kappa shape index (κ2) is 11.0. The molecular formula is C24H27Cl3N2O4. The van der Waals surface area contributed by atoms with Crippen LogP contribution in [0.4, 0.5) is 0 Å². The molecule has 2 N–H and O–H groups in total. The van der Waals surface area contributed by atoms with Crippen molar-refractivity contribution in [2.24, 2.45) is 0 Å². The summed E-state index contributed by atoms with van der Waals surface area (Å²) in [5, 5.41) is 7.49. The van der Waals surface area contributed by atoms with Gasteiger partial charge in [0.15, 0.2) is 6.61 Å². The van der Waals surface area contributed by atoms with E-state index in [4.69, 9.17) is 44.3 Å². The third-order valence-corrected chi connectivity index (χ3v) is 6.61. The molecule has 178 valence electrons. The minimum Gasteiger partial charge on any atom is -0.484 e. The number of halogens is 3. The van der Waals surface area contributed by atoms with Gasteiger partial charge in [0.05, 0.1) is 16.7 Å². The topological polar surface area (TPSA) is 76.7 Å². The molecule has 0 saturated heterocycles. The zero-order valence-electron chi connectivity index (χ0n) is 18.6. The first kappa shape index (κ1) is 25.6. The number of hydrogen-bond acceptors (Lipinski definition) is 4. The van der Waals surface area contributed by atoms with Crippen LogP contribution in [-0.2, 0) is 20.9 Å². The summed E-state index contributed by atoms with van der Waals surface area (Å²) in [4.78, 5) is 24.8. The van der Waals surface area contributed by atoms with Crippen molar-refractivity contribution in [1.29, 1.82) is 0 Å². The molecule has 0 aromatic heterocycles. The molecule has 1 fully saturated rings. The first-order valence-corrected chi connectivity index (χ1v) is 11.8. The lowest BCUT2D eigenvalue weighted by molar-refractivity contribution is -0.132. The zero-order chi connectivity index (χ0) is 24.1. The van der Waals surface area contributed by atoms with E-state index in [0.717, 1.165) is 12.0 Å². The molecule has 1 aliphatic rings. The van der Waals surface area contributed by atoms with E-state index in [9.17, 15) is 9.59 Å². The summed E-state index contributed by atoms with van der Waals surface area (Å²) in [5.41, 5.74) is 0.106. The number of amides is 2. The third-order valence-electron chi connectivity index (χ3n) is 5.63. The van der Waals surface area contributed by atoms with Gasteiger partial charge in [0.25, 0.3) is 5.91 Å². The summed E-state index contributed by atoms with van der Waals surface area (Å²) in [6, 6.07) is 12.1. The quantitative estimate of drug-likeness (QED) is 0.459. The molecule has 0 unspecified atom stereocenters. The van der Waals surface area contributed by atoms with E-state index in [1.54, 1.807) is 30.3 Å². The lowest BCUT2D eigenvalue weighted by Crippen LogP contribution is -2.70. The number of carbonyl (C=O) groups excluding carboxylic acids is 2. The number of rotatable bonds is 10. The maximum Gasteiger partial charge on any atom is 0.258 e. The van der Waals surface area contributed by atoms with Gasteiger partial charge in [-0.3, -0.25) is 9.59 Å². The maximum atomic E-state index is 12.4. The van der Waals surface area contributed by atoms with Gasteiger partial charge >= 0.3 is 0 Å². The van der Waals surface area contributed by atoms with Crippen LogP contribution in [0.25, 0.3) is 0 Å². The Labute approximate surface area is 208 Å². The van der Waals surface area contributed by atoms with E-state index >= 15 is 0 Å². The van der Waals surface area contributed by atoms with E-state index in [2.05, 4.69) is 10.6 Å².